The summed E-state index contributed by atoms with van der Waals surface area (Å²) in [6.07, 6.45) is 5.19. The molecule has 2 atom stereocenters. The second-order valence-electron chi connectivity index (χ2n) is 4.49. The van der Waals surface area contributed by atoms with Crippen LogP contribution in [0.2, 0.25) is 0 Å². The summed E-state index contributed by atoms with van der Waals surface area (Å²) in [6.45, 7) is 0. The molecule has 18 heavy (non-hydrogen) atoms. The molecule has 1 aromatic carbocycles. The van der Waals surface area contributed by atoms with Crippen LogP contribution in [0.15, 0.2) is 18.2 Å². The third-order valence-electron chi connectivity index (χ3n) is 3.54. The van der Waals surface area contributed by atoms with Crippen LogP contribution >= 0.6 is 0 Å². The second-order valence-corrected chi connectivity index (χ2v) is 4.49. The van der Waals surface area contributed by atoms with Crippen LogP contribution in [-0.4, -0.2) is 26.1 Å². The van der Waals surface area contributed by atoms with E-state index in [2.05, 4.69) is 0 Å². The zero-order chi connectivity index (χ0) is 12.8. The number of epoxide rings is 1. The van der Waals surface area contributed by atoms with Gasteiger partial charge < -0.3 is 19.0 Å². The third kappa shape index (κ3) is 1.46. The molecule has 1 saturated heterocycles. The fourth-order valence-corrected chi connectivity index (χ4v) is 2.50. The van der Waals surface area contributed by atoms with Crippen LogP contribution in [-0.2, 0) is 9.53 Å². The number of rotatable bonds is 4. The number of benzene rings is 1. The Morgan fingerprint density at radius 1 is 1.33 bits per heavy atom. The van der Waals surface area contributed by atoms with Gasteiger partial charge in [-0.3, -0.25) is 0 Å². The Morgan fingerprint density at radius 3 is 2.72 bits per heavy atom. The maximum Gasteiger partial charge on any atom is 0.161 e. The minimum Gasteiger partial charge on any atom is -0.493 e. The number of ether oxygens (including phenoxy) is 3. The highest BCUT2D eigenvalue weighted by molar-refractivity contribution is 5.69. The zero-order valence-corrected chi connectivity index (χ0v) is 10.3. The van der Waals surface area contributed by atoms with Crippen molar-refractivity contribution in [1.82, 2.24) is 0 Å². The van der Waals surface area contributed by atoms with Gasteiger partial charge in [0.1, 0.15) is 18.0 Å². The van der Waals surface area contributed by atoms with Gasteiger partial charge in [0.2, 0.25) is 0 Å². The van der Waals surface area contributed by atoms with Gasteiger partial charge in [-0.15, -0.1) is 0 Å². The van der Waals surface area contributed by atoms with Gasteiger partial charge in [0.15, 0.2) is 11.5 Å². The molecule has 4 heteroatoms. The van der Waals surface area contributed by atoms with Gasteiger partial charge in [-0.05, 0) is 29.3 Å². The van der Waals surface area contributed by atoms with E-state index in [0.717, 1.165) is 17.4 Å². The lowest BCUT2D eigenvalue weighted by Gasteiger charge is -2.16. The molecule has 0 N–H and O–H groups in total. The molecule has 2 aliphatic rings. The minimum atomic E-state index is -0.422. The molecule has 0 radical (unpaired) electrons. The number of hydrogen-bond acceptors (Lipinski definition) is 4. The second kappa shape index (κ2) is 3.85. The Bertz CT molecular complexity index is 535. The van der Waals surface area contributed by atoms with E-state index in [-0.39, 0.29) is 6.10 Å². The predicted octanol–water partition coefficient (Wildman–Crippen LogP) is 2.13. The van der Waals surface area contributed by atoms with E-state index in [1.807, 2.05) is 24.3 Å². The number of hydrogen-bond donors (Lipinski definition) is 0. The molecule has 0 spiro atoms. The monoisotopic (exact) mass is 246 g/mol. The molecule has 0 saturated carbocycles. The lowest BCUT2D eigenvalue weighted by atomic mass is 9.88. The number of fused-ring (bicyclic) bond motifs is 3. The average Bonchev–Trinajstić information content (AvgIpc) is 3.12. The van der Waals surface area contributed by atoms with Gasteiger partial charge in [0.05, 0.1) is 14.2 Å². The Labute approximate surface area is 105 Å². The summed E-state index contributed by atoms with van der Waals surface area (Å²) in [5.74, 6) is 1.38. The summed E-state index contributed by atoms with van der Waals surface area (Å²) in [4.78, 5) is 10.7. The van der Waals surface area contributed by atoms with Crippen molar-refractivity contribution in [2.45, 2.75) is 18.1 Å². The van der Waals surface area contributed by atoms with Crippen LogP contribution in [0.25, 0.3) is 6.08 Å². The Morgan fingerprint density at radius 2 is 2.06 bits per heavy atom. The Hall–Kier alpha value is -1.81. The molecule has 2 unspecified atom stereocenters. The fraction of sp³-hybridized carbons (Fsp3) is 0.357. The van der Waals surface area contributed by atoms with Crippen molar-refractivity contribution in [3.63, 3.8) is 0 Å². The third-order valence-corrected chi connectivity index (χ3v) is 3.54. The molecule has 0 bridgehead atoms. The highest BCUT2D eigenvalue weighted by Gasteiger charge is 2.57. The van der Waals surface area contributed by atoms with E-state index >= 15 is 0 Å². The van der Waals surface area contributed by atoms with Crippen LogP contribution in [0, 0.1) is 0 Å². The quantitative estimate of drug-likeness (QED) is 0.603. The van der Waals surface area contributed by atoms with E-state index < -0.39 is 5.60 Å². The fourth-order valence-electron chi connectivity index (χ4n) is 2.50. The summed E-state index contributed by atoms with van der Waals surface area (Å²) >= 11 is 0. The number of carbonyl (C=O) groups is 1. The van der Waals surface area contributed by atoms with Gasteiger partial charge in [-0.25, -0.2) is 0 Å². The van der Waals surface area contributed by atoms with Gasteiger partial charge in [-0.2, -0.15) is 0 Å². The van der Waals surface area contributed by atoms with Crippen molar-refractivity contribution in [3.05, 3.63) is 29.3 Å². The van der Waals surface area contributed by atoms with Crippen LogP contribution in [0.1, 0.15) is 23.7 Å². The van der Waals surface area contributed by atoms with Crippen molar-refractivity contribution < 1.29 is 19.0 Å². The van der Waals surface area contributed by atoms with Crippen molar-refractivity contribution in [1.29, 1.82) is 0 Å². The first kappa shape index (κ1) is 11.3. The highest BCUT2D eigenvalue weighted by Crippen LogP contribution is 2.57. The molecule has 0 aromatic heterocycles. The number of aldehydes is 1. The van der Waals surface area contributed by atoms with E-state index in [0.29, 0.717) is 17.9 Å². The largest absolute Gasteiger partial charge is 0.493 e. The predicted molar refractivity (Wildman–Crippen MR) is 65.8 cm³/mol. The number of carbonyl (C=O) groups excluding carboxylic acids is 1. The van der Waals surface area contributed by atoms with E-state index in [9.17, 15) is 4.79 Å². The maximum atomic E-state index is 10.7. The SMILES string of the molecule is COc1cc2c(cc1OC)C1OC1(CC=O)C=C2. The molecule has 0 amide bonds. The van der Waals surface area contributed by atoms with E-state index in [4.69, 9.17) is 14.2 Å². The summed E-state index contributed by atoms with van der Waals surface area (Å²) in [5, 5.41) is 0. The van der Waals surface area contributed by atoms with Gasteiger partial charge in [-0.1, -0.05) is 6.08 Å². The average molecular weight is 246 g/mol. The molecular formula is C14H14O4. The first-order valence-electron chi connectivity index (χ1n) is 5.80. The molecule has 94 valence electrons. The number of methoxy groups -OCH3 is 2. The molecule has 1 heterocycles. The van der Waals surface area contributed by atoms with Crippen LogP contribution < -0.4 is 9.47 Å². The summed E-state index contributed by atoms with van der Waals surface area (Å²) in [6, 6.07) is 3.85. The van der Waals surface area contributed by atoms with Crippen molar-refractivity contribution in [3.8, 4) is 11.5 Å². The zero-order valence-electron chi connectivity index (χ0n) is 10.3. The Balaban J connectivity index is 2.04. The molecule has 1 aromatic rings. The molecule has 1 fully saturated rings. The molecule has 1 aliphatic heterocycles. The summed E-state index contributed by atoms with van der Waals surface area (Å²) in [5.41, 5.74) is 1.68. The molecule has 1 aliphatic carbocycles. The van der Waals surface area contributed by atoms with Crippen LogP contribution in [0.4, 0.5) is 0 Å². The minimum absolute atomic E-state index is 0.0393. The normalized spacial score (nSPS) is 27.1. The van der Waals surface area contributed by atoms with Crippen LogP contribution in [0.3, 0.4) is 0 Å². The Kier molecular flexibility index (Phi) is 2.41. The van der Waals surface area contributed by atoms with Crippen molar-refractivity contribution >= 4 is 12.4 Å². The maximum absolute atomic E-state index is 10.7. The lowest BCUT2D eigenvalue weighted by molar-refractivity contribution is -0.108. The standard InChI is InChI=1S/C14H14O4/c1-16-11-7-9-3-4-14(5-6-15)13(18-14)10(9)8-12(11)17-2/h3-4,6-8,13H,5H2,1-2H3. The van der Waals surface area contributed by atoms with Crippen molar-refractivity contribution in [2.24, 2.45) is 0 Å². The van der Waals surface area contributed by atoms with Gasteiger partial charge in [0, 0.05) is 6.42 Å². The smallest absolute Gasteiger partial charge is 0.161 e. The lowest BCUT2D eigenvalue weighted by Crippen LogP contribution is -2.12. The van der Waals surface area contributed by atoms with Crippen LogP contribution in [0.5, 0.6) is 11.5 Å². The van der Waals surface area contributed by atoms with Gasteiger partial charge in [0.25, 0.3) is 0 Å². The first-order chi connectivity index (χ1) is 8.74. The summed E-state index contributed by atoms with van der Waals surface area (Å²) in [7, 11) is 3.22. The molecular weight excluding hydrogens is 232 g/mol. The molecule has 4 nitrogen and oxygen atoms in total. The molecule has 3 rings (SSSR count). The van der Waals surface area contributed by atoms with Gasteiger partial charge >= 0.3 is 0 Å². The highest BCUT2D eigenvalue weighted by atomic mass is 16.6. The summed E-state index contributed by atoms with van der Waals surface area (Å²) < 4.78 is 16.2. The van der Waals surface area contributed by atoms with E-state index in [1.54, 1.807) is 14.2 Å². The van der Waals surface area contributed by atoms with Crippen molar-refractivity contribution in [2.75, 3.05) is 14.2 Å². The van der Waals surface area contributed by atoms with E-state index in [1.165, 1.54) is 0 Å². The topological polar surface area (TPSA) is 48.1 Å². The first-order valence-corrected chi connectivity index (χ1v) is 5.80.